The highest BCUT2D eigenvalue weighted by molar-refractivity contribution is 9.10. The molecule has 4 heteroatoms. The van der Waals surface area contributed by atoms with Gasteiger partial charge in [-0.05, 0) is 24.6 Å². The number of rotatable bonds is 2. The lowest BCUT2D eigenvalue weighted by molar-refractivity contribution is 0.699. The standard InChI is InChI=1S/C12H14BrN3/c1-8(14)12-11(7-16(2)15-12)9-3-5-10(13)6-4-9/h3-8H,14H2,1-2H3. The van der Waals surface area contributed by atoms with Gasteiger partial charge in [-0.3, -0.25) is 4.68 Å². The van der Waals surface area contributed by atoms with Crippen LogP contribution < -0.4 is 5.73 Å². The Kier molecular flexibility index (Phi) is 3.12. The molecule has 1 unspecified atom stereocenters. The molecule has 0 saturated carbocycles. The van der Waals surface area contributed by atoms with Gasteiger partial charge >= 0.3 is 0 Å². The van der Waals surface area contributed by atoms with Crippen molar-refractivity contribution < 1.29 is 0 Å². The van der Waals surface area contributed by atoms with Crippen molar-refractivity contribution >= 4 is 15.9 Å². The minimum Gasteiger partial charge on any atom is -0.323 e. The van der Waals surface area contributed by atoms with E-state index in [1.807, 2.05) is 32.3 Å². The van der Waals surface area contributed by atoms with Crippen molar-refractivity contribution in [3.05, 3.63) is 40.6 Å². The molecular formula is C12H14BrN3. The van der Waals surface area contributed by atoms with Gasteiger partial charge in [0, 0.05) is 29.3 Å². The molecule has 0 aliphatic rings. The Hall–Kier alpha value is -1.13. The van der Waals surface area contributed by atoms with Crippen LogP contribution in [0.3, 0.4) is 0 Å². The summed E-state index contributed by atoms with van der Waals surface area (Å²) in [6.07, 6.45) is 2.00. The van der Waals surface area contributed by atoms with Crippen LogP contribution in [0.5, 0.6) is 0 Å². The lowest BCUT2D eigenvalue weighted by atomic mass is 10.0. The number of hydrogen-bond acceptors (Lipinski definition) is 2. The molecule has 2 aromatic rings. The summed E-state index contributed by atoms with van der Waals surface area (Å²) in [5.41, 5.74) is 9.09. The molecule has 0 saturated heterocycles. The Morgan fingerprint density at radius 1 is 1.31 bits per heavy atom. The number of nitrogens with zero attached hydrogens (tertiary/aromatic N) is 2. The Balaban J connectivity index is 2.50. The smallest absolute Gasteiger partial charge is 0.0867 e. The third-order valence-electron chi connectivity index (χ3n) is 2.44. The van der Waals surface area contributed by atoms with Gasteiger partial charge in [0.15, 0.2) is 0 Å². The molecular weight excluding hydrogens is 266 g/mol. The third-order valence-corrected chi connectivity index (χ3v) is 2.97. The first-order valence-electron chi connectivity index (χ1n) is 5.13. The molecule has 0 fully saturated rings. The zero-order valence-electron chi connectivity index (χ0n) is 9.31. The van der Waals surface area contributed by atoms with Gasteiger partial charge in [0.1, 0.15) is 0 Å². The van der Waals surface area contributed by atoms with Crippen LogP contribution in [0.4, 0.5) is 0 Å². The van der Waals surface area contributed by atoms with Gasteiger partial charge in [0.25, 0.3) is 0 Å². The molecule has 84 valence electrons. The molecule has 1 atom stereocenters. The highest BCUT2D eigenvalue weighted by Crippen LogP contribution is 2.27. The normalized spacial score (nSPS) is 12.8. The zero-order chi connectivity index (χ0) is 11.7. The summed E-state index contributed by atoms with van der Waals surface area (Å²) in [5, 5.41) is 4.39. The second-order valence-corrected chi connectivity index (χ2v) is 4.81. The molecule has 1 aromatic carbocycles. The molecule has 0 aliphatic carbocycles. The van der Waals surface area contributed by atoms with Crippen LogP contribution in [0.25, 0.3) is 11.1 Å². The van der Waals surface area contributed by atoms with Crippen LogP contribution in [0.1, 0.15) is 18.7 Å². The number of halogens is 1. The molecule has 0 amide bonds. The molecule has 0 radical (unpaired) electrons. The first-order chi connectivity index (χ1) is 7.58. The Labute approximate surface area is 103 Å². The van der Waals surface area contributed by atoms with Gasteiger partial charge in [-0.15, -0.1) is 0 Å². The molecule has 2 rings (SSSR count). The van der Waals surface area contributed by atoms with Crippen LogP contribution in [0.15, 0.2) is 34.9 Å². The summed E-state index contributed by atoms with van der Waals surface area (Å²) >= 11 is 3.43. The van der Waals surface area contributed by atoms with Gasteiger partial charge in [-0.1, -0.05) is 28.1 Å². The minimum absolute atomic E-state index is 0.0557. The van der Waals surface area contributed by atoms with Gasteiger partial charge in [0.2, 0.25) is 0 Å². The maximum absolute atomic E-state index is 5.91. The summed E-state index contributed by atoms with van der Waals surface area (Å²) in [7, 11) is 1.91. The molecule has 0 bridgehead atoms. The summed E-state index contributed by atoms with van der Waals surface area (Å²) in [6, 6.07) is 8.11. The Morgan fingerprint density at radius 2 is 1.94 bits per heavy atom. The van der Waals surface area contributed by atoms with Crippen molar-refractivity contribution in [3.8, 4) is 11.1 Å². The first kappa shape index (κ1) is 11.4. The predicted molar refractivity (Wildman–Crippen MR) is 68.9 cm³/mol. The van der Waals surface area contributed by atoms with E-state index in [2.05, 4.69) is 33.2 Å². The Morgan fingerprint density at radius 3 is 2.50 bits per heavy atom. The minimum atomic E-state index is -0.0557. The maximum Gasteiger partial charge on any atom is 0.0867 e. The summed E-state index contributed by atoms with van der Waals surface area (Å²) in [4.78, 5) is 0. The van der Waals surface area contributed by atoms with Crippen molar-refractivity contribution in [2.75, 3.05) is 0 Å². The number of nitrogens with two attached hydrogens (primary N) is 1. The SMILES string of the molecule is CC(N)c1nn(C)cc1-c1ccc(Br)cc1. The monoisotopic (exact) mass is 279 g/mol. The van der Waals surface area contributed by atoms with Crippen molar-refractivity contribution in [3.63, 3.8) is 0 Å². The van der Waals surface area contributed by atoms with E-state index in [0.717, 1.165) is 21.3 Å². The van der Waals surface area contributed by atoms with E-state index in [1.54, 1.807) is 4.68 Å². The van der Waals surface area contributed by atoms with Gasteiger partial charge in [-0.25, -0.2) is 0 Å². The fourth-order valence-corrected chi connectivity index (χ4v) is 1.96. The van der Waals surface area contributed by atoms with Crippen molar-refractivity contribution in [1.29, 1.82) is 0 Å². The summed E-state index contributed by atoms with van der Waals surface area (Å²) in [6.45, 7) is 1.95. The van der Waals surface area contributed by atoms with Crippen molar-refractivity contribution in [1.82, 2.24) is 9.78 Å². The molecule has 2 N–H and O–H groups in total. The second-order valence-electron chi connectivity index (χ2n) is 3.90. The van der Waals surface area contributed by atoms with Crippen LogP contribution in [0, 0.1) is 0 Å². The average molecular weight is 280 g/mol. The number of hydrogen-bond donors (Lipinski definition) is 1. The number of aryl methyl sites for hydroxylation is 1. The fraction of sp³-hybridized carbons (Fsp3) is 0.250. The van der Waals surface area contributed by atoms with E-state index in [9.17, 15) is 0 Å². The lowest BCUT2D eigenvalue weighted by Crippen LogP contribution is -2.07. The number of benzene rings is 1. The van der Waals surface area contributed by atoms with E-state index in [-0.39, 0.29) is 6.04 Å². The fourth-order valence-electron chi connectivity index (χ4n) is 1.69. The van der Waals surface area contributed by atoms with Crippen LogP contribution in [-0.4, -0.2) is 9.78 Å². The van der Waals surface area contributed by atoms with E-state index in [0.29, 0.717) is 0 Å². The second kappa shape index (κ2) is 4.39. The average Bonchev–Trinajstić information content (AvgIpc) is 2.61. The topological polar surface area (TPSA) is 43.8 Å². The van der Waals surface area contributed by atoms with Crippen LogP contribution in [-0.2, 0) is 7.05 Å². The largest absolute Gasteiger partial charge is 0.323 e. The van der Waals surface area contributed by atoms with Crippen molar-refractivity contribution in [2.45, 2.75) is 13.0 Å². The maximum atomic E-state index is 5.91. The van der Waals surface area contributed by atoms with Gasteiger partial charge in [0.05, 0.1) is 5.69 Å². The summed E-state index contributed by atoms with van der Waals surface area (Å²) < 4.78 is 2.87. The van der Waals surface area contributed by atoms with Gasteiger partial charge < -0.3 is 5.73 Å². The van der Waals surface area contributed by atoms with E-state index < -0.39 is 0 Å². The van der Waals surface area contributed by atoms with E-state index in [4.69, 9.17) is 5.73 Å². The molecule has 1 heterocycles. The molecule has 0 spiro atoms. The highest BCUT2D eigenvalue weighted by Gasteiger charge is 2.12. The van der Waals surface area contributed by atoms with Crippen LogP contribution >= 0.6 is 15.9 Å². The predicted octanol–water partition coefficient (Wildman–Crippen LogP) is 2.87. The molecule has 16 heavy (non-hydrogen) atoms. The van der Waals surface area contributed by atoms with Crippen molar-refractivity contribution in [2.24, 2.45) is 12.8 Å². The zero-order valence-corrected chi connectivity index (χ0v) is 10.9. The highest BCUT2D eigenvalue weighted by atomic mass is 79.9. The Bertz CT molecular complexity index is 485. The quantitative estimate of drug-likeness (QED) is 0.919. The molecule has 3 nitrogen and oxygen atoms in total. The molecule has 1 aromatic heterocycles. The lowest BCUT2D eigenvalue weighted by Gasteiger charge is -2.05. The number of aromatic nitrogens is 2. The van der Waals surface area contributed by atoms with Gasteiger partial charge in [-0.2, -0.15) is 5.10 Å². The molecule has 0 aliphatic heterocycles. The van der Waals surface area contributed by atoms with E-state index >= 15 is 0 Å². The summed E-state index contributed by atoms with van der Waals surface area (Å²) in [5.74, 6) is 0. The third kappa shape index (κ3) is 2.18. The van der Waals surface area contributed by atoms with Crippen LogP contribution in [0.2, 0.25) is 0 Å². The first-order valence-corrected chi connectivity index (χ1v) is 5.92. The van der Waals surface area contributed by atoms with E-state index in [1.165, 1.54) is 0 Å².